The van der Waals surface area contributed by atoms with Gasteiger partial charge in [0.25, 0.3) is 0 Å². The Morgan fingerprint density at radius 1 is 1.21 bits per heavy atom. The summed E-state index contributed by atoms with van der Waals surface area (Å²) in [4.78, 5) is 9.08. The maximum absolute atomic E-state index is 6.56. The summed E-state index contributed by atoms with van der Waals surface area (Å²) in [5, 5.41) is 0. The maximum Gasteiger partial charge on any atom is 0.221 e. The van der Waals surface area contributed by atoms with Gasteiger partial charge in [0, 0.05) is 17.2 Å². The van der Waals surface area contributed by atoms with Gasteiger partial charge in [-0.05, 0) is 12.8 Å². The molecule has 1 saturated carbocycles. The molecular formula is C15H25N3O. The van der Waals surface area contributed by atoms with Crippen molar-refractivity contribution in [1.82, 2.24) is 9.97 Å². The standard InChI is InChI=1S/C15H25N3O/c1-14(2,3)13-17-10-11(12(18-13)19-4)15(16)8-6-5-7-9-15/h10H,5-9,16H2,1-4H3. The number of methoxy groups -OCH3 is 1. The summed E-state index contributed by atoms with van der Waals surface area (Å²) in [6, 6.07) is 0. The Morgan fingerprint density at radius 2 is 1.84 bits per heavy atom. The van der Waals surface area contributed by atoms with Crippen LogP contribution in [-0.4, -0.2) is 17.1 Å². The first kappa shape index (κ1) is 14.3. The molecule has 0 spiro atoms. The molecule has 1 aliphatic carbocycles. The molecular weight excluding hydrogens is 238 g/mol. The highest BCUT2D eigenvalue weighted by atomic mass is 16.5. The Morgan fingerprint density at radius 3 is 2.37 bits per heavy atom. The number of hydrogen-bond acceptors (Lipinski definition) is 4. The molecule has 2 rings (SSSR count). The van der Waals surface area contributed by atoms with E-state index in [4.69, 9.17) is 10.5 Å². The van der Waals surface area contributed by atoms with Gasteiger partial charge in [-0.2, -0.15) is 4.98 Å². The summed E-state index contributed by atoms with van der Waals surface area (Å²) in [6.45, 7) is 6.29. The number of ether oxygens (including phenoxy) is 1. The minimum atomic E-state index is -0.319. The van der Waals surface area contributed by atoms with Crippen molar-refractivity contribution in [1.29, 1.82) is 0 Å². The van der Waals surface area contributed by atoms with Crippen molar-refractivity contribution < 1.29 is 4.74 Å². The number of aromatic nitrogens is 2. The van der Waals surface area contributed by atoms with Gasteiger partial charge in [0.2, 0.25) is 5.88 Å². The highest BCUT2D eigenvalue weighted by molar-refractivity contribution is 5.33. The zero-order valence-electron chi connectivity index (χ0n) is 12.5. The van der Waals surface area contributed by atoms with Gasteiger partial charge >= 0.3 is 0 Å². The summed E-state index contributed by atoms with van der Waals surface area (Å²) >= 11 is 0. The molecule has 0 unspecified atom stereocenters. The Hall–Kier alpha value is -1.16. The number of nitrogens with two attached hydrogens (primary N) is 1. The predicted molar refractivity (Wildman–Crippen MR) is 76.2 cm³/mol. The fourth-order valence-electron chi connectivity index (χ4n) is 2.68. The average Bonchev–Trinajstić information content (AvgIpc) is 2.38. The summed E-state index contributed by atoms with van der Waals surface area (Å²) in [7, 11) is 1.66. The van der Waals surface area contributed by atoms with Crippen LogP contribution in [0.4, 0.5) is 0 Å². The van der Waals surface area contributed by atoms with Crippen molar-refractivity contribution in [2.75, 3.05) is 7.11 Å². The molecule has 1 aromatic heterocycles. The summed E-state index contributed by atoms with van der Waals surface area (Å²) in [6.07, 6.45) is 7.45. The Bertz CT molecular complexity index is 445. The van der Waals surface area contributed by atoms with Gasteiger partial charge in [-0.15, -0.1) is 0 Å². The first-order chi connectivity index (χ1) is 8.87. The lowest BCUT2D eigenvalue weighted by Crippen LogP contribution is -2.39. The molecule has 0 aromatic carbocycles. The SMILES string of the molecule is COc1nc(C(C)(C)C)ncc1C1(N)CCCCC1. The van der Waals surface area contributed by atoms with Crippen molar-refractivity contribution >= 4 is 0 Å². The fraction of sp³-hybridized carbons (Fsp3) is 0.733. The number of rotatable bonds is 2. The van der Waals surface area contributed by atoms with Crippen LogP contribution in [-0.2, 0) is 11.0 Å². The zero-order valence-corrected chi connectivity index (χ0v) is 12.5. The lowest BCUT2D eigenvalue weighted by molar-refractivity contribution is 0.282. The third-order valence-electron chi connectivity index (χ3n) is 3.90. The van der Waals surface area contributed by atoms with Gasteiger partial charge in [-0.3, -0.25) is 0 Å². The minimum absolute atomic E-state index is 0.0832. The molecule has 0 radical (unpaired) electrons. The Labute approximate surface area is 115 Å². The molecule has 106 valence electrons. The smallest absolute Gasteiger partial charge is 0.221 e. The molecule has 4 nitrogen and oxygen atoms in total. The minimum Gasteiger partial charge on any atom is -0.481 e. The molecule has 19 heavy (non-hydrogen) atoms. The van der Waals surface area contributed by atoms with Crippen molar-refractivity contribution in [2.24, 2.45) is 5.73 Å². The Kier molecular flexibility index (Phi) is 3.81. The van der Waals surface area contributed by atoms with E-state index >= 15 is 0 Å². The second-order valence-electron chi connectivity index (χ2n) is 6.58. The largest absolute Gasteiger partial charge is 0.481 e. The van der Waals surface area contributed by atoms with Gasteiger partial charge < -0.3 is 10.5 Å². The maximum atomic E-state index is 6.56. The van der Waals surface area contributed by atoms with E-state index in [2.05, 4.69) is 30.7 Å². The van der Waals surface area contributed by atoms with Crippen molar-refractivity contribution in [3.8, 4) is 5.88 Å². The Balaban J connectivity index is 2.41. The quantitative estimate of drug-likeness (QED) is 0.891. The molecule has 0 amide bonds. The number of hydrogen-bond donors (Lipinski definition) is 1. The average molecular weight is 263 g/mol. The predicted octanol–water partition coefficient (Wildman–Crippen LogP) is 2.90. The van der Waals surface area contributed by atoms with Crippen LogP contribution in [0.25, 0.3) is 0 Å². The molecule has 4 heteroatoms. The molecule has 1 fully saturated rings. The van der Waals surface area contributed by atoms with Crippen LogP contribution >= 0.6 is 0 Å². The van der Waals surface area contributed by atoms with Crippen LogP contribution < -0.4 is 10.5 Å². The first-order valence-corrected chi connectivity index (χ1v) is 7.08. The fourth-order valence-corrected chi connectivity index (χ4v) is 2.68. The topological polar surface area (TPSA) is 61.0 Å². The van der Waals surface area contributed by atoms with Crippen LogP contribution in [0.2, 0.25) is 0 Å². The molecule has 0 saturated heterocycles. The summed E-state index contributed by atoms with van der Waals surface area (Å²) in [5.41, 5.74) is 7.11. The molecule has 1 aromatic rings. The molecule has 0 atom stereocenters. The van der Waals surface area contributed by atoms with Gasteiger partial charge in [0.15, 0.2) is 0 Å². The van der Waals surface area contributed by atoms with Gasteiger partial charge in [0.1, 0.15) is 5.82 Å². The van der Waals surface area contributed by atoms with Crippen molar-refractivity contribution in [2.45, 2.75) is 63.8 Å². The van der Waals surface area contributed by atoms with E-state index in [0.29, 0.717) is 5.88 Å². The van der Waals surface area contributed by atoms with Crippen LogP contribution in [0.3, 0.4) is 0 Å². The third kappa shape index (κ3) is 2.89. The van der Waals surface area contributed by atoms with Gasteiger partial charge in [-0.25, -0.2) is 4.98 Å². The summed E-state index contributed by atoms with van der Waals surface area (Å²) in [5.74, 6) is 1.44. The first-order valence-electron chi connectivity index (χ1n) is 7.08. The normalized spacial score (nSPS) is 19.2. The van der Waals surface area contributed by atoms with Gasteiger partial charge in [0.05, 0.1) is 12.7 Å². The molecule has 0 aliphatic heterocycles. The molecule has 1 aliphatic rings. The third-order valence-corrected chi connectivity index (χ3v) is 3.90. The highest BCUT2D eigenvalue weighted by Crippen LogP contribution is 2.38. The lowest BCUT2D eigenvalue weighted by Gasteiger charge is -2.34. The van der Waals surface area contributed by atoms with Crippen LogP contribution in [0, 0.1) is 0 Å². The second kappa shape index (κ2) is 5.08. The van der Waals surface area contributed by atoms with E-state index in [1.165, 1.54) is 19.3 Å². The lowest BCUT2D eigenvalue weighted by atomic mass is 9.78. The van der Waals surface area contributed by atoms with Crippen molar-refractivity contribution in [3.63, 3.8) is 0 Å². The van der Waals surface area contributed by atoms with Crippen LogP contribution in [0.15, 0.2) is 6.20 Å². The zero-order chi connectivity index (χ0) is 14.1. The second-order valence-corrected chi connectivity index (χ2v) is 6.58. The van der Waals surface area contributed by atoms with Crippen LogP contribution in [0.5, 0.6) is 5.88 Å². The van der Waals surface area contributed by atoms with E-state index < -0.39 is 0 Å². The molecule has 2 N–H and O–H groups in total. The van der Waals surface area contributed by atoms with E-state index in [9.17, 15) is 0 Å². The monoisotopic (exact) mass is 263 g/mol. The van der Waals surface area contributed by atoms with E-state index in [0.717, 1.165) is 24.2 Å². The van der Waals surface area contributed by atoms with E-state index in [1.54, 1.807) is 7.11 Å². The van der Waals surface area contributed by atoms with Crippen LogP contribution in [0.1, 0.15) is 64.3 Å². The van der Waals surface area contributed by atoms with Crippen molar-refractivity contribution in [3.05, 3.63) is 17.6 Å². The molecule has 0 bridgehead atoms. The highest BCUT2D eigenvalue weighted by Gasteiger charge is 2.34. The molecule has 1 heterocycles. The number of nitrogens with zero attached hydrogens (tertiary/aromatic N) is 2. The summed E-state index contributed by atoms with van der Waals surface area (Å²) < 4.78 is 5.47. The van der Waals surface area contributed by atoms with E-state index in [1.807, 2.05) is 6.20 Å². The van der Waals surface area contributed by atoms with Gasteiger partial charge in [-0.1, -0.05) is 40.0 Å². The van der Waals surface area contributed by atoms with E-state index in [-0.39, 0.29) is 11.0 Å².